The van der Waals surface area contributed by atoms with Gasteiger partial charge in [-0.2, -0.15) is 0 Å². The zero-order chi connectivity index (χ0) is 15.4. The van der Waals surface area contributed by atoms with Crippen LogP contribution in [0.15, 0.2) is 55.0 Å². The van der Waals surface area contributed by atoms with Crippen molar-refractivity contribution in [3.63, 3.8) is 0 Å². The fraction of sp³-hybridized carbons (Fsp3) is 0.188. The van der Waals surface area contributed by atoms with Crippen molar-refractivity contribution in [3.05, 3.63) is 60.6 Å². The van der Waals surface area contributed by atoms with Gasteiger partial charge in [-0.15, -0.1) is 0 Å². The summed E-state index contributed by atoms with van der Waals surface area (Å²) in [6.45, 7) is 0.753. The predicted molar refractivity (Wildman–Crippen MR) is 83.7 cm³/mol. The largest absolute Gasteiger partial charge is 0.465 e. The van der Waals surface area contributed by atoms with E-state index in [1.807, 2.05) is 23.2 Å². The maximum Gasteiger partial charge on any atom is 0.337 e. The van der Waals surface area contributed by atoms with Crippen LogP contribution in [-0.2, 0) is 4.74 Å². The van der Waals surface area contributed by atoms with Gasteiger partial charge in [0.1, 0.15) is 0 Å². The molecule has 0 bridgehead atoms. The molecule has 0 radical (unpaired) electrons. The van der Waals surface area contributed by atoms with Crippen LogP contribution in [0.5, 0.6) is 0 Å². The molecule has 0 spiro atoms. The Morgan fingerprint density at radius 3 is 2.68 bits per heavy atom. The average Bonchev–Trinajstić information content (AvgIpc) is 3.04. The number of hydrogen-bond acceptors (Lipinski definition) is 6. The van der Waals surface area contributed by atoms with Crippen LogP contribution in [0.1, 0.15) is 10.4 Å². The minimum absolute atomic E-state index is 0.160. The van der Waals surface area contributed by atoms with Gasteiger partial charge in [0.25, 0.3) is 0 Å². The molecule has 1 aromatic carbocycles. The number of anilines is 2. The smallest absolute Gasteiger partial charge is 0.337 e. The molecule has 2 heterocycles. The number of methoxy groups -OCH3 is 1. The van der Waals surface area contributed by atoms with Gasteiger partial charge >= 0.3 is 5.97 Å². The van der Waals surface area contributed by atoms with Crippen molar-refractivity contribution in [1.82, 2.24) is 9.97 Å². The molecule has 1 aromatic heterocycles. The molecule has 1 aliphatic heterocycles. The quantitative estimate of drug-likeness (QED) is 0.871. The van der Waals surface area contributed by atoms with E-state index in [-0.39, 0.29) is 12.0 Å². The van der Waals surface area contributed by atoms with Gasteiger partial charge in [0.2, 0.25) is 5.95 Å². The molecule has 6 nitrogen and oxygen atoms in total. The molecular formula is C16H16N4O2. The van der Waals surface area contributed by atoms with Crippen molar-refractivity contribution >= 4 is 17.6 Å². The molecule has 0 amide bonds. The third kappa shape index (κ3) is 3.06. The van der Waals surface area contributed by atoms with Crippen molar-refractivity contribution in [2.45, 2.75) is 6.04 Å². The lowest BCUT2D eigenvalue weighted by Crippen LogP contribution is -2.27. The van der Waals surface area contributed by atoms with Gasteiger partial charge in [-0.25, -0.2) is 14.8 Å². The number of carbonyl (C=O) groups excluding carboxylic acids is 1. The van der Waals surface area contributed by atoms with Crippen LogP contribution >= 0.6 is 0 Å². The lowest BCUT2D eigenvalue weighted by molar-refractivity contribution is 0.0601. The second-order valence-electron chi connectivity index (χ2n) is 4.86. The summed E-state index contributed by atoms with van der Waals surface area (Å²) in [5, 5.41) is 3.39. The minimum Gasteiger partial charge on any atom is -0.465 e. The Morgan fingerprint density at radius 1 is 1.27 bits per heavy atom. The van der Waals surface area contributed by atoms with E-state index in [1.165, 1.54) is 7.11 Å². The third-order valence-corrected chi connectivity index (χ3v) is 3.36. The van der Waals surface area contributed by atoms with E-state index in [4.69, 9.17) is 0 Å². The van der Waals surface area contributed by atoms with E-state index in [0.29, 0.717) is 11.5 Å². The topological polar surface area (TPSA) is 67.3 Å². The highest BCUT2D eigenvalue weighted by atomic mass is 16.5. The molecule has 0 saturated heterocycles. The summed E-state index contributed by atoms with van der Waals surface area (Å²) in [4.78, 5) is 21.8. The first-order valence-corrected chi connectivity index (χ1v) is 6.93. The lowest BCUT2D eigenvalue weighted by atomic mass is 10.2. The summed E-state index contributed by atoms with van der Waals surface area (Å²) >= 11 is 0. The summed E-state index contributed by atoms with van der Waals surface area (Å²) in [6.07, 6.45) is 7.48. The number of aromatic nitrogens is 2. The molecule has 0 aliphatic carbocycles. The fourth-order valence-corrected chi connectivity index (χ4v) is 2.26. The van der Waals surface area contributed by atoms with E-state index in [0.717, 1.165) is 12.2 Å². The summed E-state index contributed by atoms with van der Waals surface area (Å²) in [6, 6.07) is 9.16. The molecule has 2 aromatic rings. The number of rotatable bonds is 4. The molecule has 1 N–H and O–H groups in total. The Morgan fingerprint density at radius 2 is 2.00 bits per heavy atom. The first kappa shape index (κ1) is 14.1. The van der Waals surface area contributed by atoms with Crippen molar-refractivity contribution in [1.29, 1.82) is 0 Å². The maximum absolute atomic E-state index is 11.4. The van der Waals surface area contributed by atoms with Crippen LogP contribution in [0, 0.1) is 0 Å². The predicted octanol–water partition coefficient (Wildman–Crippen LogP) is 2.08. The molecule has 3 rings (SSSR count). The molecule has 6 heteroatoms. The maximum atomic E-state index is 11.4. The Kier molecular flexibility index (Phi) is 4.00. The van der Waals surface area contributed by atoms with Gasteiger partial charge in [-0.1, -0.05) is 0 Å². The van der Waals surface area contributed by atoms with E-state index in [1.54, 1.807) is 30.6 Å². The van der Waals surface area contributed by atoms with E-state index in [2.05, 4.69) is 26.1 Å². The van der Waals surface area contributed by atoms with Gasteiger partial charge in [0.15, 0.2) is 0 Å². The second-order valence-corrected chi connectivity index (χ2v) is 4.86. The Balaban J connectivity index is 1.61. The van der Waals surface area contributed by atoms with Gasteiger partial charge in [-0.05, 0) is 36.4 Å². The van der Waals surface area contributed by atoms with Crippen molar-refractivity contribution in [2.24, 2.45) is 0 Å². The molecular weight excluding hydrogens is 280 g/mol. The Bertz CT molecular complexity index is 670. The summed E-state index contributed by atoms with van der Waals surface area (Å²) < 4.78 is 4.68. The number of nitrogens with one attached hydrogen (secondary N) is 1. The molecule has 1 atom stereocenters. The zero-order valence-electron chi connectivity index (χ0n) is 12.1. The average molecular weight is 296 g/mol. The van der Waals surface area contributed by atoms with Crippen molar-refractivity contribution in [2.75, 3.05) is 23.9 Å². The highest BCUT2D eigenvalue weighted by Crippen LogP contribution is 2.17. The fourth-order valence-electron chi connectivity index (χ4n) is 2.26. The molecule has 112 valence electrons. The van der Waals surface area contributed by atoms with E-state index < -0.39 is 0 Å². The minimum atomic E-state index is -0.334. The van der Waals surface area contributed by atoms with Gasteiger partial charge in [-0.3, -0.25) is 0 Å². The van der Waals surface area contributed by atoms with Gasteiger partial charge in [0.05, 0.1) is 18.7 Å². The van der Waals surface area contributed by atoms with Crippen LogP contribution < -0.4 is 10.2 Å². The number of benzene rings is 1. The Hall–Kier alpha value is -2.89. The number of carbonyl (C=O) groups is 1. The number of ether oxygens (including phenoxy) is 1. The standard InChI is InChI=1S/C16H16N4O2/c1-22-15(21)12-3-5-13(6-4-12)19-14-7-10-20(11-14)16-17-8-2-9-18-16/h2-10,14,19H,11H2,1H3. The van der Waals surface area contributed by atoms with Crippen LogP contribution in [0.4, 0.5) is 11.6 Å². The third-order valence-electron chi connectivity index (χ3n) is 3.36. The van der Waals surface area contributed by atoms with Crippen LogP contribution in [-0.4, -0.2) is 35.6 Å². The summed E-state index contributed by atoms with van der Waals surface area (Å²) in [7, 11) is 1.37. The zero-order valence-corrected chi connectivity index (χ0v) is 12.1. The van der Waals surface area contributed by atoms with E-state index >= 15 is 0 Å². The van der Waals surface area contributed by atoms with Crippen LogP contribution in [0.25, 0.3) is 0 Å². The molecule has 22 heavy (non-hydrogen) atoms. The molecule has 1 unspecified atom stereocenters. The first-order chi connectivity index (χ1) is 10.8. The monoisotopic (exact) mass is 296 g/mol. The summed E-state index contributed by atoms with van der Waals surface area (Å²) in [5.74, 6) is 0.351. The Labute approximate surface area is 128 Å². The molecule has 0 saturated carbocycles. The first-order valence-electron chi connectivity index (χ1n) is 6.93. The summed E-state index contributed by atoms with van der Waals surface area (Å²) in [5.41, 5.74) is 1.48. The van der Waals surface area contributed by atoms with Gasteiger partial charge < -0.3 is 15.0 Å². The molecule has 0 fully saturated rings. The normalized spacial score (nSPS) is 16.6. The second kappa shape index (κ2) is 6.26. The van der Waals surface area contributed by atoms with Crippen LogP contribution in [0.3, 0.4) is 0 Å². The number of esters is 1. The van der Waals surface area contributed by atoms with E-state index in [9.17, 15) is 4.79 Å². The lowest BCUT2D eigenvalue weighted by Gasteiger charge is -2.17. The van der Waals surface area contributed by atoms with Gasteiger partial charge in [0, 0.05) is 30.8 Å². The highest BCUT2D eigenvalue weighted by Gasteiger charge is 2.18. The SMILES string of the molecule is COC(=O)c1ccc(NC2C=CN(c3ncccn3)C2)cc1. The van der Waals surface area contributed by atoms with Crippen LogP contribution in [0.2, 0.25) is 0 Å². The number of hydrogen-bond donors (Lipinski definition) is 1. The number of nitrogens with zero attached hydrogens (tertiary/aromatic N) is 3. The van der Waals surface area contributed by atoms with Crippen molar-refractivity contribution in [3.8, 4) is 0 Å². The highest BCUT2D eigenvalue weighted by molar-refractivity contribution is 5.89. The van der Waals surface area contributed by atoms with Crippen molar-refractivity contribution < 1.29 is 9.53 Å². The molecule has 1 aliphatic rings.